The Balaban J connectivity index is 1.61. The molecular weight excluding hydrogens is 443 g/mol. The molecule has 4 aromatic rings. The quantitative estimate of drug-likeness (QED) is 0.355. The van der Waals surface area contributed by atoms with Crippen LogP contribution in [-0.4, -0.2) is 31.8 Å². The van der Waals surface area contributed by atoms with Crippen LogP contribution in [0.15, 0.2) is 54.9 Å². The summed E-state index contributed by atoms with van der Waals surface area (Å²) in [6, 6.07) is 13.5. The van der Waals surface area contributed by atoms with E-state index in [-0.39, 0.29) is 5.91 Å². The number of carbonyl (C=O) groups is 1. The van der Waals surface area contributed by atoms with E-state index in [1.165, 1.54) is 0 Å². The van der Waals surface area contributed by atoms with Crippen molar-refractivity contribution in [2.24, 2.45) is 0 Å². The maximum absolute atomic E-state index is 12.5. The Kier molecular flexibility index (Phi) is 4.65. The number of rotatable bonds is 5. The van der Waals surface area contributed by atoms with E-state index in [1.807, 2.05) is 69.7 Å². The van der Waals surface area contributed by atoms with Crippen LogP contribution in [0.5, 0.6) is 0 Å². The molecule has 0 aliphatic heterocycles. The second kappa shape index (κ2) is 7.24. The van der Waals surface area contributed by atoms with E-state index < -0.39 is 0 Å². The van der Waals surface area contributed by atoms with E-state index in [2.05, 4.69) is 23.8 Å². The molecule has 0 aliphatic rings. The van der Waals surface area contributed by atoms with Gasteiger partial charge < -0.3 is 8.85 Å². The van der Waals surface area contributed by atoms with Crippen LogP contribution in [0.25, 0.3) is 16.7 Å². The number of nitrogens with zero attached hydrogens (tertiary/aromatic N) is 4. The molecule has 26 heavy (non-hydrogen) atoms. The highest BCUT2D eigenvalue weighted by Crippen LogP contribution is 2.22. The second-order valence-corrected chi connectivity index (χ2v) is 6.23. The molecule has 1 amide bonds. The summed E-state index contributed by atoms with van der Waals surface area (Å²) in [6.45, 7) is 0.493. The Labute approximate surface area is 163 Å². The molecule has 7 nitrogen and oxygen atoms in total. The van der Waals surface area contributed by atoms with E-state index in [1.54, 1.807) is 12.4 Å². The van der Waals surface area contributed by atoms with Crippen molar-refractivity contribution in [3.05, 3.63) is 66.2 Å². The number of para-hydroxylation sites is 2. The molecule has 0 saturated heterocycles. The molecule has 0 spiro atoms. The van der Waals surface area contributed by atoms with Crippen LogP contribution < -0.4 is 8.85 Å². The lowest BCUT2D eigenvalue weighted by Crippen LogP contribution is -2.27. The zero-order chi connectivity index (χ0) is 17.9. The van der Waals surface area contributed by atoms with Crippen LogP contribution in [0, 0.1) is 0 Å². The van der Waals surface area contributed by atoms with Gasteiger partial charge in [-0.1, -0.05) is 18.2 Å². The molecule has 8 heteroatoms. The summed E-state index contributed by atoms with van der Waals surface area (Å²) in [5.74, 6) is 0.327. The first-order valence-electron chi connectivity index (χ1n) is 8.09. The zero-order valence-electron chi connectivity index (χ0n) is 13.7. The van der Waals surface area contributed by atoms with E-state index in [0.29, 0.717) is 30.1 Å². The molecule has 2 N–H and O–H groups in total. The molecule has 1 aromatic carbocycles. The van der Waals surface area contributed by atoms with Gasteiger partial charge >= 0.3 is 0 Å². The number of benzene rings is 1. The number of imidazole rings is 1. The number of amides is 1. The SMILES string of the molecule is O=C(NCCc1ccccn1)c1cn2c(nc3ccccc32)c(NI)n1. The fraction of sp³-hybridized carbons (Fsp3) is 0.111. The van der Waals surface area contributed by atoms with E-state index in [9.17, 15) is 4.79 Å². The minimum atomic E-state index is -0.228. The van der Waals surface area contributed by atoms with E-state index >= 15 is 0 Å². The van der Waals surface area contributed by atoms with E-state index in [4.69, 9.17) is 0 Å². The fourth-order valence-corrected chi connectivity index (χ4v) is 3.14. The van der Waals surface area contributed by atoms with Crippen molar-refractivity contribution >= 4 is 51.3 Å². The monoisotopic (exact) mass is 458 g/mol. The normalized spacial score (nSPS) is 11.0. The number of hydrogen-bond acceptors (Lipinski definition) is 5. The minimum Gasteiger partial charge on any atom is -0.350 e. The fourth-order valence-electron chi connectivity index (χ4n) is 2.78. The second-order valence-electron chi connectivity index (χ2n) is 5.69. The third kappa shape index (κ3) is 3.19. The lowest BCUT2D eigenvalue weighted by molar-refractivity contribution is 0.0949. The van der Waals surface area contributed by atoms with Gasteiger partial charge in [-0.3, -0.25) is 14.2 Å². The average Bonchev–Trinajstić information content (AvgIpc) is 3.06. The summed E-state index contributed by atoms with van der Waals surface area (Å²) in [6.07, 6.45) is 4.13. The number of halogens is 1. The average molecular weight is 458 g/mol. The van der Waals surface area contributed by atoms with Crippen molar-refractivity contribution in [1.82, 2.24) is 24.7 Å². The Bertz CT molecular complexity index is 1080. The van der Waals surface area contributed by atoms with Gasteiger partial charge in [0.15, 0.2) is 11.5 Å². The Morgan fingerprint density at radius 1 is 1.12 bits per heavy atom. The maximum Gasteiger partial charge on any atom is 0.271 e. The Hall–Kier alpha value is -2.75. The van der Waals surface area contributed by atoms with Gasteiger partial charge in [0, 0.05) is 31.1 Å². The first-order valence-corrected chi connectivity index (χ1v) is 9.17. The summed E-state index contributed by atoms with van der Waals surface area (Å²) >= 11 is 2.00. The minimum absolute atomic E-state index is 0.228. The van der Waals surface area contributed by atoms with Crippen molar-refractivity contribution in [2.45, 2.75) is 6.42 Å². The number of pyridine rings is 1. The third-order valence-corrected chi connectivity index (χ3v) is 4.52. The van der Waals surface area contributed by atoms with Crippen LogP contribution in [0.4, 0.5) is 5.82 Å². The molecule has 0 bridgehead atoms. The van der Waals surface area contributed by atoms with Crippen LogP contribution in [0.3, 0.4) is 0 Å². The van der Waals surface area contributed by atoms with Gasteiger partial charge in [0.2, 0.25) is 0 Å². The summed E-state index contributed by atoms with van der Waals surface area (Å²) in [4.78, 5) is 25.8. The zero-order valence-corrected chi connectivity index (χ0v) is 15.8. The molecule has 0 atom stereocenters. The molecule has 130 valence electrons. The summed E-state index contributed by atoms with van der Waals surface area (Å²) in [5.41, 5.74) is 3.74. The molecule has 4 rings (SSSR count). The van der Waals surface area contributed by atoms with Gasteiger partial charge in [-0.05, 0) is 24.3 Å². The predicted molar refractivity (Wildman–Crippen MR) is 108 cm³/mol. The third-order valence-electron chi connectivity index (χ3n) is 4.01. The summed E-state index contributed by atoms with van der Waals surface area (Å²) in [7, 11) is 0. The van der Waals surface area contributed by atoms with Crippen LogP contribution >= 0.6 is 22.9 Å². The number of aromatic nitrogens is 4. The van der Waals surface area contributed by atoms with Gasteiger partial charge in [0.25, 0.3) is 5.91 Å². The smallest absolute Gasteiger partial charge is 0.271 e. The predicted octanol–water partition coefficient (Wildman–Crippen LogP) is 3.01. The maximum atomic E-state index is 12.5. The van der Waals surface area contributed by atoms with Crippen molar-refractivity contribution in [2.75, 3.05) is 10.1 Å². The standard InChI is InChI=1S/C18H15IN6O/c19-24-16-17-23-13-6-1-2-7-15(13)25(17)11-14(22-16)18(26)21-10-8-12-5-3-4-9-20-12/h1-7,9,11H,8,10H2,(H,21,26)(H,22,24). The van der Waals surface area contributed by atoms with Crippen LogP contribution in [0.2, 0.25) is 0 Å². The van der Waals surface area contributed by atoms with Crippen LogP contribution in [0.1, 0.15) is 16.2 Å². The topological polar surface area (TPSA) is 84.2 Å². The van der Waals surface area contributed by atoms with Crippen molar-refractivity contribution < 1.29 is 4.79 Å². The van der Waals surface area contributed by atoms with Crippen LogP contribution in [-0.2, 0) is 6.42 Å². The molecule has 0 fully saturated rings. The van der Waals surface area contributed by atoms with Gasteiger partial charge in [-0.25, -0.2) is 9.97 Å². The largest absolute Gasteiger partial charge is 0.350 e. The lowest BCUT2D eigenvalue weighted by atomic mass is 10.2. The van der Waals surface area contributed by atoms with Gasteiger partial charge in [-0.15, -0.1) is 0 Å². The number of anilines is 1. The van der Waals surface area contributed by atoms with Crippen molar-refractivity contribution in [3.63, 3.8) is 0 Å². The summed E-state index contributed by atoms with van der Waals surface area (Å²) < 4.78 is 4.88. The summed E-state index contributed by atoms with van der Waals surface area (Å²) in [5, 5.41) is 2.90. The Morgan fingerprint density at radius 2 is 1.96 bits per heavy atom. The number of carbonyl (C=O) groups excluding carboxylic acids is 1. The number of hydrogen-bond donors (Lipinski definition) is 2. The highest BCUT2D eigenvalue weighted by molar-refractivity contribution is 14.1. The molecular formula is C18H15IN6O. The van der Waals surface area contributed by atoms with Gasteiger partial charge in [-0.2, -0.15) is 0 Å². The molecule has 3 aromatic heterocycles. The molecule has 3 heterocycles. The van der Waals surface area contributed by atoms with Crippen molar-refractivity contribution in [1.29, 1.82) is 0 Å². The molecule has 0 radical (unpaired) electrons. The molecule has 0 aliphatic carbocycles. The van der Waals surface area contributed by atoms with Gasteiger partial charge in [0.1, 0.15) is 5.69 Å². The molecule has 0 saturated carbocycles. The highest BCUT2D eigenvalue weighted by Gasteiger charge is 2.15. The number of fused-ring (bicyclic) bond motifs is 3. The number of nitrogens with one attached hydrogen (secondary N) is 2. The first-order chi connectivity index (χ1) is 12.8. The van der Waals surface area contributed by atoms with E-state index in [0.717, 1.165) is 16.7 Å². The Morgan fingerprint density at radius 3 is 2.77 bits per heavy atom. The lowest BCUT2D eigenvalue weighted by Gasteiger charge is -2.07. The molecule has 0 unspecified atom stereocenters. The van der Waals surface area contributed by atoms with Gasteiger partial charge in [0.05, 0.1) is 33.9 Å². The van der Waals surface area contributed by atoms with Crippen molar-refractivity contribution in [3.8, 4) is 0 Å². The first kappa shape index (κ1) is 16.7. The highest BCUT2D eigenvalue weighted by atomic mass is 127.